The van der Waals surface area contributed by atoms with E-state index in [0.717, 1.165) is 38.4 Å². The smallest absolute Gasteiger partial charge is 0.257 e. The van der Waals surface area contributed by atoms with E-state index in [0.29, 0.717) is 21.5 Å². The molecule has 178 valence electrons. The van der Waals surface area contributed by atoms with E-state index in [2.05, 4.69) is 44.2 Å². The second kappa shape index (κ2) is 10.3. The molecule has 0 atom stereocenters. The Morgan fingerprint density at radius 1 is 0.944 bits per heavy atom. The number of methoxy groups -OCH3 is 1. The summed E-state index contributed by atoms with van der Waals surface area (Å²) in [5.74, 6) is 0.00347. The molecule has 0 spiro atoms. The molecule has 0 aliphatic rings. The second-order valence-electron chi connectivity index (χ2n) is 7.89. The Hall–Kier alpha value is -4.63. The lowest BCUT2D eigenvalue weighted by molar-refractivity contribution is -0.120. The molecule has 5 aromatic rings. The van der Waals surface area contributed by atoms with Crippen LogP contribution in [0, 0.1) is 0 Å². The number of benzene rings is 4. The van der Waals surface area contributed by atoms with Crippen LogP contribution in [0.1, 0.15) is 20.9 Å². The van der Waals surface area contributed by atoms with E-state index in [4.69, 9.17) is 4.74 Å². The number of nitrogens with one attached hydrogen (secondary N) is 2. The van der Waals surface area contributed by atoms with Gasteiger partial charge in [0.05, 0.1) is 19.7 Å². The number of ether oxygens (including phenoxy) is 1. The van der Waals surface area contributed by atoms with Crippen molar-refractivity contribution in [2.45, 2.75) is 6.42 Å². The molecule has 9 heteroatoms. The average Bonchev–Trinajstić information content (AvgIpc) is 3.34. The summed E-state index contributed by atoms with van der Waals surface area (Å²) in [5, 5.41) is 19.9. The highest BCUT2D eigenvalue weighted by molar-refractivity contribution is 7.15. The summed E-state index contributed by atoms with van der Waals surface area (Å²) in [4.78, 5) is 24.9. The lowest BCUT2D eigenvalue weighted by atomic mass is 9.97. The number of anilines is 1. The summed E-state index contributed by atoms with van der Waals surface area (Å²) in [6.07, 6.45) is 1.66. The van der Waals surface area contributed by atoms with Gasteiger partial charge in [-0.15, -0.1) is 10.2 Å². The maximum absolute atomic E-state index is 12.5. The molecule has 0 bridgehead atoms. The van der Waals surface area contributed by atoms with E-state index in [9.17, 15) is 9.59 Å². The van der Waals surface area contributed by atoms with Crippen LogP contribution in [0.25, 0.3) is 21.5 Å². The van der Waals surface area contributed by atoms with Crippen molar-refractivity contribution in [1.29, 1.82) is 0 Å². The average molecular weight is 496 g/mol. The van der Waals surface area contributed by atoms with Gasteiger partial charge in [0, 0.05) is 11.1 Å². The topological polar surface area (TPSA) is 106 Å². The van der Waals surface area contributed by atoms with E-state index >= 15 is 0 Å². The molecule has 0 saturated carbocycles. The van der Waals surface area contributed by atoms with Crippen molar-refractivity contribution < 1.29 is 14.3 Å². The number of fused-ring (bicyclic) bond motifs is 2. The highest BCUT2D eigenvalue weighted by atomic mass is 32.1. The van der Waals surface area contributed by atoms with Gasteiger partial charge >= 0.3 is 0 Å². The minimum Gasteiger partial charge on any atom is -0.497 e. The Balaban J connectivity index is 1.24. The minimum absolute atomic E-state index is 0.0102. The maximum Gasteiger partial charge on any atom is 0.257 e. The van der Waals surface area contributed by atoms with Crippen LogP contribution in [0.3, 0.4) is 0 Å². The van der Waals surface area contributed by atoms with Gasteiger partial charge in [-0.3, -0.25) is 14.9 Å². The Bertz CT molecular complexity index is 1540. The van der Waals surface area contributed by atoms with Gasteiger partial charge in [-0.05, 0) is 51.9 Å². The van der Waals surface area contributed by atoms with Crippen molar-refractivity contribution in [3.8, 4) is 5.75 Å². The molecule has 4 aromatic carbocycles. The molecule has 2 amide bonds. The van der Waals surface area contributed by atoms with Crippen LogP contribution in [-0.2, 0) is 11.2 Å². The summed E-state index contributed by atoms with van der Waals surface area (Å²) >= 11 is 1.13. The van der Waals surface area contributed by atoms with Gasteiger partial charge in [-0.2, -0.15) is 5.10 Å². The summed E-state index contributed by atoms with van der Waals surface area (Å²) in [7, 11) is 1.56. The molecule has 0 aliphatic heterocycles. The summed E-state index contributed by atoms with van der Waals surface area (Å²) in [5.41, 5.74) is 3.96. The fraction of sp³-hybridized carbons (Fsp3) is 0.0741. The van der Waals surface area contributed by atoms with Crippen LogP contribution in [0.15, 0.2) is 84.0 Å². The van der Waals surface area contributed by atoms with Crippen LogP contribution in [0.2, 0.25) is 0 Å². The maximum atomic E-state index is 12.5. The van der Waals surface area contributed by atoms with Crippen molar-refractivity contribution in [3.05, 3.63) is 95.0 Å². The molecule has 36 heavy (non-hydrogen) atoms. The second-order valence-corrected chi connectivity index (χ2v) is 8.95. The first kappa shape index (κ1) is 23.1. The number of nitrogens with zero attached hydrogens (tertiary/aromatic N) is 3. The van der Waals surface area contributed by atoms with Gasteiger partial charge in [0.15, 0.2) is 0 Å². The number of hydrogen-bond acceptors (Lipinski definition) is 7. The zero-order chi connectivity index (χ0) is 24.9. The number of rotatable bonds is 7. The summed E-state index contributed by atoms with van der Waals surface area (Å²) in [6, 6.07) is 25.0. The quantitative estimate of drug-likeness (QED) is 0.192. The molecule has 0 radical (unpaired) electrons. The molecule has 0 unspecified atom stereocenters. The van der Waals surface area contributed by atoms with Crippen molar-refractivity contribution in [1.82, 2.24) is 15.6 Å². The highest BCUT2D eigenvalue weighted by Gasteiger charge is 2.13. The fourth-order valence-electron chi connectivity index (χ4n) is 3.82. The molecule has 8 nitrogen and oxygen atoms in total. The van der Waals surface area contributed by atoms with Gasteiger partial charge in [0.1, 0.15) is 10.8 Å². The Morgan fingerprint density at radius 2 is 1.61 bits per heavy atom. The third kappa shape index (κ3) is 5.06. The number of hydrogen-bond donors (Lipinski definition) is 2. The zero-order valence-corrected chi connectivity index (χ0v) is 20.1. The Labute approximate surface area is 210 Å². The fourth-order valence-corrected chi connectivity index (χ4v) is 4.55. The number of aromatic nitrogens is 2. The molecule has 5 rings (SSSR count). The molecule has 0 saturated heterocycles. The van der Waals surface area contributed by atoms with E-state index in [1.807, 2.05) is 36.4 Å². The molecule has 1 aromatic heterocycles. The van der Waals surface area contributed by atoms with Crippen molar-refractivity contribution in [2.24, 2.45) is 5.10 Å². The normalized spacial score (nSPS) is 11.1. The van der Waals surface area contributed by atoms with E-state index in [1.165, 1.54) is 0 Å². The van der Waals surface area contributed by atoms with E-state index in [-0.39, 0.29) is 18.2 Å². The van der Waals surface area contributed by atoms with Gasteiger partial charge in [0.2, 0.25) is 11.0 Å². The van der Waals surface area contributed by atoms with Crippen molar-refractivity contribution in [2.75, 3.05) is 12.4 Å². The lowest BCUT2D eigenvalue weighted by Crippen LogP contribution is -2.19. The monoisotopic (exact) mass is 495 g/mol. The number of carbonyl (C=O) groups is 2. The minimum atomic E-state index is -0.333. The van der Waals surface area contributed by atoms with Crippen molar-refractivity contribution >= 4 is 56.0 Å². The summed E-state index contributed by atoms with van der Waals surface area (Å²) in [6.45, 7) is 0. The standard InChI is InChI=1S/C27H21N5O3S/c1-35-20-12-10-17(11-13-20)26(34)29-27-32-31-25(36-27)15-24(33)30-28-16-23-21-8-4-2-6-18(21)14-19-7-3-5-9-22(19)23/h2-14,16H,15H2,1H3,(H,30,33)(H,29,32,34). The van der Waals surface area contributed by atoms with Gasteiger partial charge in [0.25, 0.3) is 5.91 Å². The third-order valence-electron chi connectivity index (χ3n) is 5.55. The first-order chi connectivity index (χ1) is 17.6. The van der Waals surface area contributed by atoms with Crippen LogP contribution in [0.4, 0.5) is 5.13 Å². The predicted octanol–water partition coefficient (Wildman–Crippen LogP) is 4.80. The van der Waals surface area contributed by atoms with Crippen LogP contribution < -0.4 is 15.5 Å². The van der Waals surface area contributed by atoms with Crippen LogP contribution in [-0.4, -0.2) is 35.3 Å². The largest absolute Gasteiger partial charge is 0.497 e. The molecular weight excluding hydrogens is 474 g/mol. The number of amides is 2. The molecule has 2 N–H and O–H groups in total. The molecule has 0 fully saturated rings. The van der Waals surface area contributed by atoms with Gasteiger partial charge in [-0.1, -0.05) is 59.9 Å². The first-order valence-electron chi connectivity index (χ1n) is 11.1. The molecule has 0 aliphatic carbocycles. The van der Waals surface area contributed by atoms with Crippen LogP contribution >= 0.6 is 11.3 Å². The SMILES string of the molecule is COc1ccc(C(=O)Nc2nnc(CC(=O)NN=Cc3c4ccccc4cc4ccccc34)s2)cc1. The number of hydrazone groups is 1. The zero-order valence-electron chi connectivity index (χ0n) is 19.3. The molecule has 1 heterocycles. The molecular formula is C27H21N5O3S. The number of carbonyl (C=O) groups excluding carboxylic acids is 2. The van der Waals surface area contributed by atoms with Crippen molar-refractivity contribution in [3.63, 3.8) is 0 Å². The van der Waals surface area contributed by atoms with E-state index in [1.54, 1.807) is 37.6 Å². The van der Waals surface area contributed by atoms with Gasteiger partial charge in [-0.25, -0.2) is 5.43 Å². The Kier molecular flexibility index (Phi) is 6.63. The lowest BCUT2D eigenvalue weighted by Gasteiger charge is -2.07. The first-order valence-corrected chi connectivity index (χ1v) is 11.9. The third-order valence-corrected chi connectivity index (χ3v) is 6.39. The Morgan fingerprint density at radius 3 is 2.28 bits per heavy atom. The highest BCUT2D eigenvalue weighted by Crippen LogP contribution is 2.27. The van der Waals surface area contributed by atoms with Gasteiger partial charge < -0.3 is 4.74 Å². The van der Waals surface area contributed by atoms with Crippen LogP contribution in [0.5, 0.6) is 5.75 Å². The van der Waals surface area contributed by atoms with E-state index < -0.39 is 0 Å². The summed E-state index contributed by atoms with van der Waals surface area (Å²) < 4.78 is 5.10. The predicted molar refractivity (Wildman–Crippen MR) is 142 cm³/mol.